The summed E-state index contributed by atoms with van der Waals surface area (Å²) in [6, 6.07) is 13.2. The third-order valence-electron chi connectivity index (χ3n) is 6.68. The molecule has 9 heteroatoms. The maximum atomic E-state index is 13.6. The number of amides is 1. The smallest absolute Gasteiger partial charge is 0.366 e. The fourth-order valence-electron chi connectivity index (χ4n) is 5.00. The average molecular weight is 464 g/mol. The van der Waals surface area contributed by atoms with Crippen LogP contribution in [-0.4, -0.2) is 61.0 Å². The van der Waals surface area contributed by atoms with Crippen LogP contribution in [0.15, 0.2) is 48.5 Å². The number of carbonyl (C=O) groups excluding carboxylic acids is 1. The van der Waals surface area contributed by atoms with E-state index in [1.807, 2.05) is 24.3 Å². The van der Waals surface area contributed by atoms with E-state index in [1.54, 1.807) is 17.0 Å². The van der Waals surface area contributed by atoms with Crippen molar-refractivity contribution in [2.24, 2.45) is 0 Å². The molecule has 2 fully saturated rings. The maximum absolute atomic E-state index is 13.6. The Kier molecular flexibility index (Phi) is 5.88. The van der Waals surface area contributed by atoms with Gasteiger partial charge in [-0.3, -0.25) is 4.79 Å². The van der Waals surface area contributed by atoms with E-state index in [2.05, 4.69) is 5.32 Å². The van der Waals surface area contributed by atoms with E-state index >= 15 is 0 Å². The molecule has 0 unspecified atom stereocenters. The van der Waals surface area contributed by atoms with Gasteiger partial charge >= 0.3 is 6.18 Å². The molecule has 176 valence electrons. The fourth-order valence-corrected chi connectivity index (χ4v) is 5.00. The van der Waals surface area contributed by atoms with Crippen molar-refractivity contribution < 1.29 is 31.8 Å². The molecule has 1 N–H and O–H groups in total. The van der Waals surface area contributed by atoms with Gasteiger partial charge in [-0.25, -0.2) is 4.39 Å². The number of carbonyl (C=O) groups is 1. The third kappa shape index (κ3) is 4.37. The number of alkyl halides is 3. The summed E-state index contributed by atoms with van der Waals surface area (Å²) in [5.74, 6) is -0.583. The van der Waals surface area contributed by atoms with Gasteiger partial charge in [0, 0.05) is 25.6 Å². The van der Waals surface area contributed by atoms with Crippen LogP contribution in [0.5, 0.6) is 0 Å². The van der Waals surface area contributed by atoms with E-state index in [-0.39, 0.29) is 31.3 Å². The Labute approximate surface area is 188 Å². The highest BCUT2D eigenvalue weighted by Gasteiger charge is 2.49. The lowest BCUT2D eigenvalue weighted by atomic mass is 9.87. The standard InChI is InChI=1S/C24H24F4N2O3/c25-16-7-5-15(6-8-16)22-17-4-2-1-3-14(17)9-10-30(22)23(31)19-11-18-20(13-32-19)33-21(12-29-18)24(26,27)28/h1-8,18-22,29H,9-13H2/t18-,19+,20-,21+,22-/m0/s1. The highest BCUT2D eigenvalue weighted by Crippen LogP contribution is 2.37. The number of fused-ring (bicyclic) bond motifs is 2. The molecule has 0 aromatic heterocycles. The van der Waals surface area contributed by atoms with Crippen molar-refractivity contribution in [3.05, 3.63) is 71.0 Å². The molecule has 0 spiro atoms. The Morgan fingerprint density at radius 3 is 2.61 bits per heavy atom. The molecule has 1 amide bonds. The van der Waals surface area contributed by atoms with E-state index < -0.39 is 36.6 Å². The third-order valence-corrected chi connectivity index (χ3v) is 6.68. The summed E-state index contributed by atoms with van der Waals surface area (Å²) in [5.41, 5.74) is 2.89. The summed E-state index contributed by atoms with van der Waals surface area (Å²) in [6.07, 6.45) is -6.98. The first kappa shape index (κ1) is 22.3. The van der Waals surface area contributed by atoms with E-state index in [4.69, 9.17) is 9.47 Å². The van der Waals surface area contributed by atoms with Gasteiger partial charge in [-0.05, 0) is 35.2 Å². The Balaban J connectivity index is 1.36. The monoisotopic (exact) mass is 464 g/mol. The van der Waals surface area contributed by atoms with Crippen LogP contribution < -0.4 is 5.32 Å². The summed E-state index contributed by atoms with van der Waals surface area (Å²) in [7, 11) is 0. The van der Waals surface area contributed by atoms with E-state index in [0.717, 1.165) is 16.7 Å². The largest absolute Gasteiger partial charge is 0.415 e. The first-order chi connectivity index (χ1) is 15.8. The van der Waals surface area contributed by atoms with Crippen LogP contribution in [0, 0.1) is 5.82 Å². The van der Waals surface area contributed by atoms with Crippen LogP contribution in [-0.2, 0) is 20.7 Å². The predicted molar refractivity (Wildman–Crippen MR) is 111 cm³/mol. The summed E-state index contributed by atoms with van der Waals surface area (Å²) < 4.78 is 63.5. The molecule has 3 aliphatic rings. The molecule has 0 saturated carbocycles. The lowest BCUT2D eigenvalue weighted by molar-refractivity contribution is -0.259. The summed E-state index contributed by atoms with van der Waals surface area (Å²) in [4.78, 5) is 15.3. The second-order valence-electron chi connectivity index (χ2n) is 8.71. The second kappa shape index (κ2) is 8.70. The maximum Gasteiger partial charge on any atom is 0.415 e. The lowest BCUT2D eigenvalue weighted by Crippen LogP contribution is -2.62. The Hall–Kier alpha value is -2.49. The molecule has 33 heavy (non-hydrogen) atoms. The van der Waals surface area contributed by atoms with Crippen LogP contribution in [0.25, 0.3) is 0 Å². The van der Waals surface area contributed by atoms with Crippen LogP contribution in [0.3, 0.4) is 0 Å². The Bertz CT molecular complexity index is 1010. The van der Waals surface area contributed by atoms with Gasteiger partial charge in [0.25, 0.3) is 5.91 Å². The molecule has 0 radical (unpaired) electrons. The van der Waals surface area contributed by atoms with Crippen LogP contribution in [0.1, 0.15) is 29.2 Å². The zero-order valence-electron chi connectivity index (χ0n) is 17.7. The van der Waals surface area contributed by atoms with Gasteiger partial charge in [0.2, 0.25) is 0 Å². The fraction of sp³-hybridized carbons (Fsp3) is 0.458. The quantitative estimate of drug-likeness (QED) is 0.693. The van der Waals surface area contributed by atoms with Crippen molar-refractivity contribution in [3.8, 4) is 0 Å². The van der Waals surface area contributed by atoms with Gasteiger partial charge < -0.3 is 19.7 Å². The molecular formula is C24H24F4N2O3. The molecule has 2 aromatic rings. The first-order valence-electron chi connectivity index (χ1n) is 11.0. The molecule has 3 aliphatic heterocycles. The number of hydrogen-bond donors (Lipinski definition) is 1. The minimum Gasteiger partial charge on any atom is -0.366 e. The topological polar surface area (TPSA) is 50.8 Å². The molecule has 2 aromatic carbocycles. The number of nitrogens with one attached hydrogen (secondary N) is 1. The number of hydrogen-bond acceptors (Lipinski definition) is 4. The van der Waals surface area contributed by atoms with Gasteiger partial charge in [-0.2, -0.15) is 13.2 Å². The Morgan fingerprint density at radius 1 is 1.09 bits per heavy atom. The highest BCUT2D eigenvalue weighted by molar-refractivity contribution is 5.82. The molecule has 0 bridgehead atoms. The van der Waals surface area contributed by atoms with E-state index in [0.29, 0.717) is 13.0 Å². The number of ether oxygens (including phenoxy) is 2. The van der Waals surface area contributed by atoms with Crippen molar-refractivity contribution in [2.45, 2.75) is 49.4 Å². The molecule has 5 nitrogen and oxygen atoms in total. The van der Waals surface area contributed by atoms with E-state index in [9.17, 15) is 22.4 Å². The molecular weight excluding hydrogens is 440 g/mol. The number of benzene rings is 2. The second-order valence-corrected chi connectivity index (χ2v) is 8.71. The van der Waals surface area contributed by atoms with Crippen molar-refractivity contribution >= 4 is 5.91 Å². The number of rotatable bonds is 2. The van der Waals surface area contributed by atoms with Crippen LogP contribution >= 0.6 is 0 Å². The SMILES string of the molecule is O=C([C@H]1C[C@@H]2NC[C@H](C(F)(F)F)O[C@H]2CO1)N1CCc2ccccc2[C@@H]1c1ccc(F)cc1. The molecule has 5 atom stereocenters. The van der Waals surface area contributed by atoms with Crippen LogP contribution in [0.2, 0.25) is 0 Å². The van der Waals surface area contributed by atoms with Crippen molar-refractivity contribution in [1.29, 1.82) is 0 Å². The average Bonchev–Trinajstić information content (AvgIpc) is 2.82. The minimum absolute atomic E-state index is 0.0910. The number of halogens is 4. The Morgan fingerprint density at radius 2 is 1.85 bits per heavy atom. The van der Waals surface area contributed by atoms with Gasteiger partial charge in [-0.15, -0.1) is 0 Å². The molecule has 5 rings (SSSR count). The minimum atomic E-state index is -4.45. The lowest BCUT2D eigenvalue weighted by Gasteiger charge is -2.45. The number of nitrogens with zero attached hydrogens (tertiary/aromatic N) is 1. The summed E-state index contributed by atoms with van der Waals surface area (Å²) >= 11 is 0. The molecule has 0 aliphatic carbocycles. The highest BCUT2D eigenvalue weighted by atomic mass is 19.4. The van der Waals surface area contributed by atoms with E-state index in [1.165, 1.54) is 12.1 Å². The first-order valence-corrected chi connectivity index (χ1v) is 11.0. The van der Waals surface area contributed by atoms with Gasteiger partial charge in [-0.1, -0.05) is 36.4 Å². The number of morpholine rings is 1. The van der Waals surface area contributed by atoms with Gasteiger partial charge in [0.15, 0.2) is 6.10 Å². The molecule has 3 heterocycles. The van der Waals surface area contributed by atoms with Crippen molar-refractivity contribution in [3.63, 3.8) is 0 Å². The zero-order chi connectivity index (χ0) is 23.2. The predicted octanol–water partition coefficient (Wildman–Crippen LogP) is 3.38. The summed E-state index contributed by atoms with van der Waals surface area (Å²) in [5, 5.41) is 2.89. The normalized spacial score (nSPS) is 29.8. The van der Waals surface area contributed by atoms with Gasteiger partial charge in [0.05, 0.1) is 18.8 Å². The van der Waals surface area contributed by atoms with Gasteiger partial charge in [0.1, 0.15) is 11.9 Å². The zero-order valence-corrected chi connectivity index (χ0v) is 17.7. The molecule has 2 saturated heterocycles. The summed E-state index contributed by atoms with van der Waals surface area (Å²) in [6.45, 7) is 0.0269. The van der Waals surface area contributed by atoms with Crippen LogP contribution in [0.4, 0.5) is 17.6 Å². The van der Waals surface area contributed by atoms with Crippen molar-refractivity contribution in [1.82, 2.24) is 10.2 Å². The van der Waals surface area contributed by atoms with Crippen molar-refractivity contribution in [2.75, 3.05) is 19.7 Å².